The number of hydrogen-bond donors (Lipinski definition) is 3. The van der Waals surface area contributed by atoms with Gasteiger partial charge in [-0.2, -0.15) is 13.7 Å². The number of aromatic hydroxyl groups is 1. The smallest absolute Gasteiger partial charge is 0.286 e. The largest absolute Gasteiger partial charge is 0.505 e. The van der Waals surface area contributed by atoms with E-state index in [0.717, 1.165) is 5.56 Å². The molecule has 0 amide bonds. The molecule has 0 aliphatic carbocycles. The number of para-hydroxylation sites is 1. The normalized spacial score (nSPS) is 14.1. The molecule has 0 radical (unpaired) electrons. The summed E-state index contributed by atoms with van der Waals surface area (Å²) in [5, 5.41) is 24.6. The SMILES string of the molecule is N#Cc1cccc(CNn2c(=O)c(C3=NS(=O)(=O)c4ccccc4N3)c(O)c3sccc32)c1. The van der Waals surface area contributed by atoms with E-state index in [1.54, 1.807) is 53.9 Å². The van der Waals surface area contributed by atoms with Gasteiger partial charge in [0.1, 0.15) is 10.5 Å². The second-order valence-corrected chi connectivity index (χ2v) is 9.67. The van der Waals surface area contributed by atoms with E-state index < -0.39 is 15.6 Å². The molecule has 1 aliphatic heterocycles. The highest BCUT2D eigenvalue weighted by molar-refractivity contribution is 7.90. The molecule has 0 unspecified atom stereocenters. The molecule has 5 rings (SSSR count). The van der Waals surface area contributed by atoms with Crippen LogP contribution in [0.4, 0.5) is 5.69 Å². The first-order valence-corrected chi connectivity index (χ1v) is 12.0. The molecule has 4 aromatic rings. The lowest BCUT2D eigenvalue weighted by atomic mass is 10.1. The average Bonchev–Trinajstić information content (AvgIpc) is 3.29. The molecule has 1 aliphatic rings. The Morgan fingerprint density at radius 2 is 2.00 bits per heavy atom. The van der Waals surface area contributed by atoms with Gasteiger partial charge in [-0.3, -0.25) is 4.79 Å². The number of nitriles is 1. The predicted octanol–water partition coefficient (Wildman–Crippen LogP) is 2.94. The summed E-state index contributed by atoms with van der Waals surface area (Å²) in [7, 11) is -4.07. The summed E-state index contributed by atoms with van der Waals surface area (Å²) in [5.41, 5.74) is 4.03. The van der Waals surface area contributed by atoms with E-state index in [1.807, 2.05) is 0 Å². The number of nitrogens with one attached hydrogen (secondary N) is 2. The quantitative estimate of drug-likeness (QED) is 0.411. The van der Waals surface area contributed by atoms with Crippen LogP contribution in [0.5, 0.6) is 5.75 Å². The van der Waals surface area contributed by atoms with E-state index in [2.05, 4.69) is 21.2 Å². The minimum absolute atomic E-state index is 0.0127. The fourth-order valence-corrected chi connectivity index (χ4v) is 5.56. The van der Waals surface area contributed by atoms with E-state index in [9.17, 15) is 18.3 Å². The van der Waals surface area contributed by atoms with E-state index in [0.29, 0.717) is 15.8 Å². The third-order valence-electron chi connectivity index (χ3n) is 5.12. The highest BCUT2D eigenvalue weighted by Crippen LogP contribution is 2.34. The van der Waals surface area contributed by atoms with Gasteiger partial charge >= 0.3 is 0 Å². The van der Waals surface area contributed by atoms with Crippen LogP contribution >= 0.6 is 11.3 Å². The highest BCUT2D eigenvalue weighted by atomic mass is 32.2. The van der Waals surface area contributed by atoms with E-state index in [1.165, 1.54) is 22.1 Å². The van der Waals surface area contributed by atoms with Crippen molar-refractivity contribution in [2.75, 3.05) is 10.7 Å². The molecule has 164 valence electrons. The van der Waals surface area contributed by atoms with Gasteiger partial charge in [-0.25, -0.2) is 4.68 Å². The average molecular weight is 478 g/mol. The third kappa shape index (κ3) is 3.51. The Hall–Kier alpha value is -4.14. The molecule has 3 heterocycles. The van der Waals surface area contributed by atoms with Gasteiger partial charge in [0.2, 0.25) is 0 Å². The zero-order chi connectivity index (χ0) is 23.2. The predicted molar refractivity (Wildman–Crippen MR) is 126 cm³/mol. The molecule has 9 nitrogen and oxygen atoms in total. The molecule has 2 aromatic carbocycles. The van der Waals surface area contributed by atoms with Crippen molar-refractivity contribution in [3.8, 4) is 11.8 Å². The van der Waals surface area contributed by atoms with E-state index >= 15 is 0 Å². The zero-order valence-corrected chi connectivity index (χ0v) is 18.4. The van der Waals surface area contributed by atoms with Gasteiger partial charge in [0.25, 0.3) is 15.6 Å². The summed E-state index contributed by atoms with van der Waals surface area (Å²) in [6.07, 6.45) is 0. The minimum Gasteiger partial charge on any atom is -0.505 e. The lowest BCUT2D eigenvalue weighted by Gasteiger charge is -2.20. The fourth-order valence-electron chi connectivity index (χ4n) is 3.61. The van der Waals surface area contributed by atoms with Gasteiger partial charge in [0.05, 0.1) is 34.1 Å². The van der Waals surface area contributed by atoms with Crippen molar-refractivity contribution < 1.29 is 13.5 Å². The van der Waals surface area contributed by atoms with Crippen molar-refractivity contribution in [1.82, 2.24) is 4.68 Å². The molecule has 0 spiro atoms. The Labute approximate surface area is 191 Å². The van der Waals surface area contributed by atoms with E-state index in [-0.39, 0.29) is 34.3 Å². The van der Waals surface area contributed by atoms with Crippen LogP contribution in [0.3, 0.4) is 0 Å². The van der Waals surface area contributed by atoms with Crippen LogP contribution in [0.15, 0.2) is 74.1 Å². The standard InChI is InChI=1S/C22H15N5O4S2/c23-11-13-4-3-5-14(10-13)12-24-27-16-8-9-32-20(16)19(28)18(22(27)29)21-25-15-6-1-2-7-17(15)33(30,31)26-21/h1-10,24,28H,12H2,(H,25,26). The van der Waals surface area contributed by atoms with Gasteiger partial charge < -0.3 is 15.8 Å². The first-order valence-electron chi connectivity index (χ1n) is 9.68. The molecule has 2 aromatic heterocycles. The molecule has 11 heteroatoms. The Morgan fingerprint density at radius 1 is 1.18 bits per heavy atom. The molecule has 0 saturated carbocycles. The lowest BCUT2D eigenvalue weighted by molar-refractivity contribution is 0.479. The van der Waals surface area contributed by atoms with Crippen LogP contribution < -0.4 is 16.3 Å². The number of amidine groups is 1. The summed E-state index contributed by atoms with van der Waals surface area (Å²) in [6.45, 7) is 0.214. The van der Waals surface area contributed by atoms with Crippen LogP contribution in [-0.4, -0.2) is 24.0 Å². The number of pyridine rings is 1. The van der Waals surface area contributed by atoms with Crippen LogP contribution in [0.25, 0.3) is 10.2 Å². The Kier molecular flexibility index (Phi) is 4.88. The topological polar surface area (TPSA) is 137 Å². The minimum atomic E-state index is -4.07. The Balaban J connectivity index is 1.64. The Bertz CT molecular complexity index is 1660. The molecule has 0 fully saturated rings. The van der Waals surface area contributed by atoms with Crippen molar-refractivity contribution in [3.63, 3.8) is 0 Å². The third-order valence-corrected chi connectivity index (χ3v) is 7.36. The zero-order valence-electron chi connectivity index (χ0n) is 16.8. The summed E-state index contributed by atoms with van der Waals surface area (Å²) in [6, 6.07) is 16.9. The number of thiophene rings is 1. The molecular weight excluding hydrogens is 462 g/mol. The summed E-state index contributed by atoms with van der Waals surface area (Å²) in [4.78, 5) is 13.4. The number of aromatic nitrogens is 1. The number of sulfonamides is 1. The second-order valence-electron chi connectivity index (χ2n) is 7.18. The van der Waals surface area contributed by atoms with Gasteiger partial charge in [-0.05, 0) is 41.3 Å². The van der Waals surface area contributed by atoms with Gasteiger partial charge in [-0.15, -0.1) is 15.7 Å². The first-order chi connectivity index (χ1) is 15.9. The Morgan fingerprint density at radius 3 is 2.82 bits per heavy atom. The first kappa shape index (κ1) is 20.7. The number of benzene rings is 2. The second kappa shape index (κ2) is 7.77. The number of fused-ring (bicyclic) bond motifs is 2. The maximum Gasteiger partial charge on any atom is 0.286 e. The monoisotopic (exact) mass is 477 g/mol. The van der Waals surface area contributed by atoms with Gasteiger partial charge in [0.15, 0.2) is 11.6 Å². The number of rotatable bonds is 4. The van der Waals surface area contributed by atoms with Crippen molar-refractivity contribution in [2.24, 2.45) is 4.40 Å². The fraction of sp³-hybridized carbons (Fsp3) is 0.0455. The van der Waals surface area contributed by atoms with Crippen LogP contribution in [0.2, 0.25) is 0 Å². The van der Waals surface area contributed by atoms with Crippen molar-refractivity contribution in [2.45, 2.75) is 11.4 Å². The molecule has 3 N–H and O–H groups in total. The maximum absolute atomic E-state index is 13.4. The highest BCUT2D eigenvalue weighted by Gasteiger charge is 2.30. The van der Waals surface area contributed by atoms with Crippen molar-refractivity contribution >= 4 is 43.1 Å². The van der Waals surface area contributed by atoms with Crippen LogP contribution in [-0.2, 0) is 16.6 Å². The number of nitrogens with zero attached hydrogens (tertiary/aromatic N) is 3. The van der Waals surface area contributed by atoms with Gasteiger partial charge in [0, 0.05) is 0 Å². The summed E-state index contributed by atoms with van der Waals surface area (Å²) >= 11 is 1.20. The summed E-state index contributed by atoms with van der Waals surface area (Å²) in [5.74, 6) is -0.608. The molecule has 0 saturated heterocycles. The molecular formula is C22H15N5O4S2. The van der Waals surface area contributed by atoms with Crippen LogP contribution in [0.1, 0.15) is 16.7 Å². The molecule has 0 atom stereocenters. The number of anilines is 1. The van der Waals surface area contributed by atoms with E-state index in [4.69, 9.17) is 5.26 Å². The van der Waals surface area contributed by atoms with Gasteiger partial charge in [-0.1, -0.05) is 24.3 Å². The van der Waals surface area contributed by atoms with Crippen LogP contribution in [0, 0.1) is 11.3 Å². The molecule has 33 heavy (non-hydrogen) atoms. The summed E-state index contributed by atoms with van der Waals surface area (Å²) < 4.78 is 30.8. The maximum atomic E-state index is 13.4. The molecule has 0 bridgehead atoms. The lowest BCUT2D eigenvalue weighted by Crippen LogP contribution is -2.36. The number of hydrogen-bond acceptors (Lipinski definition) is 8. The van der Waals surface area contributed by atoms with Crippen molar-refractivity contribution in [3.05, 3.63) is 87.0 Å². The van der Waals surface area contributed by atoms with Crippen molar-refractivity contribution in [1.29, 1.82) is 5.26 Å².